The second-order valence-corrected chi connectivity index (χ2v) is 5.24. The molecule has 0 radical (unpaired) electrons. The van der Waals surface area contributed by atoms with Crippen molar-refractivity contribution in [2.45, 2.75) is 33.9 Å². The number of benzene rings is 1. The zero-order valence-electron chi connectivity index (χ0n) is 14.0. The van der Waals surface area contributed by atoms with E-state index in [1.54, 1.807) is 6.92 Å². The van der Waals surface area contributed by atoms with Crippen LogP contribution in [0.2, 0.25) is 0 Å². The molecule has 0 aliphatic heterocycles. The second kappa shape index (κ2) is 9.49. The summed E-state index contributed by atoms with van der Waals surface area (Å²) < 4.78 is 4.96. The van der Waals surface area contributed by atoms with Crippen molar-refractivity contribution < 1.29 is 4.52 Å². The van der Waals surface area contributed by atoms with Crippen LogP contribution in [0.3, 0.4) is 0 Å². The van der Waals surface area contributed by atoms with E-state index in [0.717, 1.165) is 19.0 Å². The van der Waals surface area contributed by atoms with E-state index < -0.39 is 0 Å². The number of aliphatic imine (C=N–C) groups is 1. The van der Waals surface area contributed by atoms with Gasteiger partial charge in [-0.2, -0.15) is 4.98 Å². The van der Waals surface area contributed by atoms with Gasteiger partial charge in [-0.1, -0.05) is 35.0 Å². The van der Waals surface area contributed by atoms with Crippen LogP contribution in [0.5, 0.6) is 0 Å². The Balaban J connectivity index is 0.00000264. The predicted octanol–water partition coefficient (Wildman–Crippen LogP) is 2.90. The van der Waals surface area contributed by atoms with E-state index >= 15 is 0 Å². The highest BCUT2D eigenvalue weighted by molar-refractivity contribution is 14.0. The minimum atomic E-state index is 0. The van der Waals surface area contributed by atoms with E-state index in [1.165, 1.54) is 11.1 Å². The Kier molecular flexibility index (Phi) is 8.01. The molecule has 0 unspecified atom stereocenters. The zero-order valence-corrected chi connectivity index (χ0v) is 16.4. The first kappa shape index (κ1) is 19.4. The lowest BCUT2D eigenvalue weighted by molar-refractivity contribution is 0.387. The van der Waals surface area contributed by atoms with Gasteiger partial charge in [0, 0.05) is 27.1 Å². The molecular formula is C16H24IN5O. The van der Waals surface area contributed by atoms with Crippen molar-refractivity contribution >= 4 is 29.9 Å². The van der Waals surface area contributed by atoms with E-state index in [-0.39, 0.29) is 24.0 Å². The van der Waals surface area contributed by atoms with Crippen molar-refractivity contribution in [3.8, 4) is 0 Å². The average Bonchev–Trinajstić information content (AvgIpc) is 2.91. The molecule has 1 aromatic heterocycles. The topological polar surface area (TPSA) is 66.5 Å². The Bertz CT molecular complexity index is 624. The van der Waals surface area contributed by atoms with Crippen molar-refractivity contribution in [2.24, 2.45) is 4.99 Å². The Labute approximate surface area is 154 Å². The quantitative estimate of drug-likeness (QED) is 0.450. The van der Waals surface area contributed by atoms with Gasteiger partial charge in [0.2, 0.25) is 5.89 Å². The van der Waals surface area contributed by atoms with Crippen LogP contribution in [0.1, 0.15) is 29.8 Å². The van der Waals surface area contributed by atoms with Gasteiger partial charge in [0.25, 0.3) is 0 Å². The maximum Gasteiger partial charge on any atom is 0.223 e. The van der Waals surface area contributed by atoms with Gasteiger partial charge in [-0.3, -0.25) is 0 Å². The summed E-state index contributed by atoms with van der Waals surface area (Å²) in [6.45, 7) is 7.91. The molecule has 0 spiro atoms. The molecule has 1 N–H and O–H groups in total. The highest BCUT2D eigenvalue weighted by Gasteiger charge is 2.08. The van der Waals surface area contributed by atoms with E-state index in [2.05, 4.69) is 56.5 Å². The average molecular weight is 429 g/mol. The van der Waals surface area contributed by atoms with Crippen LogP contribution in [-0.4, -0.2) is 34.6 Å². The first-order valence-electron chi connectivity index (χ1n) is 7.42. The molecule has 0 saturated heterocycles. The van der Waals surface area contributed by atoms with Gasteiger partial charge in [0.15, 0.2) is 11.8 Å². The number of hydrogen-bond donors (Lipinski definition) is 1. The van der Waals surface area contributed by atoms with Crippen molar-refractivity contribution in [2.75, 3.05) is 13.6 Å². The molecule has 0 aliphatic rings. The van der Waals surface area contributed by atoms with Crippen LogP contribution >= 0.6 is 24.0 Å². The minimum absolute atomic E-state index is 0. The molecule has 23 heavy (non-hydrogen) atoms. The summed E-state index contributed by atoms with van der Waals surface area (Å²) in [6.07, 6.45) is 0. The van der Waals surface area contributed by atoms with Gasteiger partial charge in [-0.15, -0.1) is 24.0 Å². The fraction of sp³-hybridized carbons (Fsp3) is 0.438. The monoisotopic (exact) mass is 429 g/mol. The first-order valence-corrected chi connectivity index (χ1v) is 7.42. The molecule has 1 aromatic carbocycles. The highest BCUT2D eigenvalue weighted by Crippen LogP contribution is 2.06. The summed E-state index contributed by atoms with van der Waals surface area (Å²) in [7, 11) is 2.02. The molecule has 0 aliphatic carbocycles. The SMILES string of the molecule is CCNC(=NCc1noc(C)n1)N(C)Cc1ccc(C)cc1.I. The number of nitrogens with one attached hydrogen (secondary N) is 1. The molecule has 0 saturated carbocycles. The molecule has 126 valence electrons. The van der Waals surface area contributed by atoms with Crippen LogP contribution in [-0.2, 0) is 13.1 Å². The standard InChI is InChI=1S/C16H23N5O.HI/c1-5-17-16(18-10-15-19-13(3)22-20-15)21(4)11-14-8-6-12(2)7-9-14;/h6-9H,5,10-11H2,1-4H3,(H,17,18);1H. The molecular weight excluding hydrogens is 405 g/mol. The van der Waals surface area contributed by atoms with Crippen molar-refractivity contribution in [3.63, 3.8) is 0 Å². The predicted molar refractivity (Wildman–Crippen MR) is 102 cm³/mol. The van der Waals surface area contributed by atoms with Crippen molar-refractivity contribution in [1.29, 1.82) is 0 Å². The number of aromatic nitrogens is 2. The van der Waals surface area contributed by atoms with Crippen LogP contribution < -0.4 is 5.32 Å². The van der Waals surface area contributed by atoms with Gasteiger partial charge in [0.05, 0.1) is 0 Å². The molecule has 6 nitrogen and oxygen atoms in total. The third-order valence-electron chi connectivity index (χ3n) is 3.18. The summed E-state index contributed by atoms with van der Waals surface area (Å²) >= 11 is 0. The zero-order chi connectivity index (χ0) is 15.9. The van der Waals surface area contributed by atoms with Crippen LogP contribution in [0.15, 0.2) is 33.8 Å². The molecule has 0 atom stereocenters. The Morgan fingerprint density at radius 1 is 1.26 bits per heavy atom. The Morgan fingerprint density at radius 2 is 1.96 bits per heavy atom. The van der Waals surface area contributed by atoms with Gasteiger partial charge < -0.3 is 14.7 Å². The lowest BCUT2D eigenvalue weighted by Gasteiger charge is -2.22. The van der Waals surface area contributed by atoms with E-state index in [1.807, 2.05) is 14.0 Å². The van der Waals surface area contributed by atoms with Crippen LogP contribution in [0.4, 0.5) is 0 Å². The minimum Gasteiger partial charge on any atom is -0.357 e. The molecule has 1 heterocycles. The summed E-state index contributed by atoms with van der Waals surface area (Å²) in [5.41, 5.74) is 2.51. The number of rotatable bonds is 5. The third-order valence-corrected chi connectivity index (χ3v) is 3.18. The summed E-state index contributed by atoms with van der Waals surface area (Å²) in [5, 5.41) is 7.14. The normalized spacial score (nSPS) is 11.0. The number of nitrogens with zero attached hydrogens (tertiary/aromatic N) is 4. The largest absolute Gasteiger partial charge is 0.357 e. The smallest absolute Gasteiger partial charge is 0.223 e. The Morgan fingerprint density at radius 3 is 2.52 bits per heavy atom. The fourth-order valence-corrected chi connectivity index (χ4v) is 2.06. The number of guanidine groups is 1. The Hall–Kier alpha value is -1.64. The molecule has 0 bridgehead atoms. The van der Waals surface area contributed by atoms with E-state index in [4.69, 9.17) is 4.52 Å². The van der Waals surface area contributed by atoms with Crippen molar-refractivity contribution in [1.82, 2.24) is 20.4 Å². The first-order chi connectivity index (χ1) is 10.6. The molecule has 2 aromatic rings. The highest BCUT2D eigenvalue weighted by atomic mass is 127. The number of aryl methyl sites for hydroxylation is 2. The van der Waals surface area contributed by atoms with E-state index in [9.17, 15) is 0 Å². The van der Waals surface area contributed by atoms with Gasteiger partial charge in [-0.05, 0) is 19.4 Å². The number of hydrogen-bond acceptors (Lipinski definition) is 4. The summed E-state index contributed by atoms with van der Waals surface area (Å²) in [4.78, 5) is 10.8. The van der Waals surface area contributed by atoms with Gasteiger partial charge >= 0.3 is 0 Å². The lowest BCUT2D eigenvalue weighted by Crippen LogP contribution is -2.38. The lowest BCUT2D eigenvalue weighted by atomic mass is 10.1. The van der Waals surface area contributed by atoms with Crippen molar-refractivity contribution in [3.05, 3.63) is 47.1 Å². The third kappa shape index (κ3) is 6.17. The molecule has 2 rings (SSSR count). The summed E-state index contributed by atoms with van der Waals surface area (Å²) in [5.74, 6) is 1.98. The molecule has 0 amide bonds. The maximum atomic E-state index is 4.96. The van der Waals surface area contributed by atoms with Crippen LogP contribution in [0.25, 0.3) is 0 Å². The van der Waals surface area contributed by atoms with E-state index in [0.29, 0.717) is 18.3 Å². The van der Waals surface area contributed by atoms with Gasteiger partial charge in [-0.25, -0.2) is 4.99 Å². The molecule has 7 heteroatoms. The summed E-state index contributed by atoms with van der Waals surface area (Å²) in [6, 6.07) is 8.51. The van der Waals surface area contributed by atoms with Crippen LogP contribution in [0, 0.1) is 13.8 Å². The number of halogens is 1. The fourth-order valence-electron chi connectivity index (χ4n) is 2.06. The molecule has 0 fully saturated rings. The van der Waals surface area contributed by atoms with Gasteiger partial charge in [0.1, 0.15) is 6.54 Å². The maximum absolute atomic E-state index is 4.96. The second-order valence-electron chi connectivity index (χ2n) is 5.24.